The molecule has 0 aliphatic heterocycles. The van der Waals surface area contributed by atoms with Crippen molar-refractivity contribution in [2.45, 2.75) is 0 Å². The smallest absolute Gasteiger partial charge is 0.822 e. The third kappa shape index (κ3) is 241. The Morgan fingerprint density at radius 2 is 0.846 bits per heavy atom. The molecule has 0 heterocycles. The summed E-state index contributed by atoms with van der Waals surface area (Å²) in [5.74, 6) is 0. The van der Waals surface area contributed by atoms with Gasteiger partial charge in [0.25, 0.3) is 0 Å². The Labute approximate surface area is 163 Å². The van der Waals surface area contributed by atoms with E-state index < -0.39 is 14.0 Å². The topological polar surface area (TPSA) is 149 Å². The van der Waals surface area contributed by atoms with E-state index in [1.54, 1.807) is 0 Å². The van der Waals surface area contributed by atoms with Crippen molar-refractivity contribution in [3.8, 4) is 0 Å². The molecule has 0 spiro atoms. The largest absolute Gasteiger partial charge is 1.00 e. The van der Waals surface area contributed by atoms with Gasteiger partial charge in [0.2, 0.25) is 0 Å². The maximum atomic E-state index is 8.55. The van der Waals surface area contributed by atoms with Crippen LogP contribution in [0.5, 0.6) is 0 Å². The van der Waals surface area contributed by atoms with E-state index in [-0.39, 0.29) is 118 Å². The van der Waals surface area contributed by atoms with Gasteiger partial charge in [-0.2, -0.15) is 7.82 Å². The molecule has 0 saturated carbocycles. The zero-order valence-corrected chi connectivity index (χ0v) is 16.7. The molecule has 0 aliphatic carbocycles. The van der Waals surface area contributed by atoms with Crippen LogP contribution in [0.2, 0.25) is 0 Å². The number of hydrogen-bond donors (Lipinski definition) is 0. The minimum atomic E-state index is -5.39. The second kappa shape index (κ2) is 20.8. The first kappa shape index (κ1) is 36.0. The van der Waals surface area contributed by atoms with Crippen molar-refractivity contribution in [1.29, 1.82) is 0 Å². The van der Waals surface area contributed by atoms with Gasteiger partial charge in [0.1, 0.15) is 0 Å². The Morgan fingerprint density at radius 3 is 0.846 bits per heavy atom. The van der Waals surface area contributed by atoms with E-state index >= 15 is 0 Å². The van der Waals surface area contributed by atoms with Crippen molar-refractivity contribution >= 4 is 14.0 Å². The third-order valence-electron chi connectivity index (χ3n) is 0. The van der Waals surface area contributed by atoms with Crippen LogP contribution in [0.25, 0.3) is 0 Å². The third-order valence-corrected chi connectivity index (χ3v) is 0. The molecule has 0 N–H and O–H groups in total. The van der Waals surface area contributed by atoms with E-state index in [1.807, 2.05) is 0 Å². The van der Waals surface area contributed by atoms with Crippen molar-refractivity contribution in [1.82, 2.24) is 0 Å². The van der Waals surface area contributed by atoms with Crippen LogP contribution in [-0.4, -0.2) is 6.16 Å². The van der Waals surface area contributed by atoms with E-state index in [1.165, 1.54) is 0 Å². The van der Waals surface area contributed by atoms with Crippen molar-refractivity contribution in [2.24, 2.45) is 0 Å². The fourth-order valence-corrected chi connectivity index (χ4v) is 0. The zero-order chi connectivity index (χ0) is 8.08. The summed E-state index contributed by atoms with van der Waals surface area (Å²) in [5.41, 5.74) is 0. The summed E-state index contributed by atoms with van der Waals surface area (Å²) in [6.07, 6.45) is -2.33. The minimum absolute atomic E-state index is 0. The summed E-state index contributed by atoms with van der Waals surface area (Å²) in [7, 11) is -5.39. The number of hydrogen-bond acceptors (Lipinski definition) is 7. The van der Waals surface area contributed by atoms with Gasteiger partial charge < -0.3 is 34.3 Å². The molecule has 13 heavy (non-hydrogen) atoms. The van der Waals surface area contributed by atoms with Crippen molar-refractivity contribution in [3.63, 3.8) is 0 Å². The number of rotatable bonds is 0. The normalized spacial score (nSPS) is 6.38. The van der Waals surface area contributed by atoms with Crippen LogP contribution in [-0.2, 0) is 4.57 Å². The van der Waals surface area contributed by atoms with Crippen LogP contribution in [0.3, 0.4) is 0 Å². The maximum absolute atomic E-state index is 8.55. The van der Waals surface area contributed by atoms with E-state index in [9.17, 15) is 0 Å². The van der Waals surface area contributed by atoms with Gasteiger partial charge >= 0.3 is 118 Å². The Balaban J connectivity index is -0.0000000146. The first-order valence-corrected chi connectivity index (χ1v) is 2.80. The molecule has 12 heteroatoms. The molecule has 0 amide bonds. The summed E-state index contributed by atoms with van der Waals surface area (Å²) in [5, 5.41) is 16.7. The van der Waals surface area contributed by atoms with Gasteiger partial charge in [-0.3, -0.25) is 0 Å². The molecular formula is CNa4O7P-. The SMILES string of the molecule is O=C([O-])[O-].O=P([O-])([O-])[O-].[Na+].[Na+].[Na+].[Na+]. The van der Waals surface area contributed by atoms with Gasteiger partial charge in [0.15, 0.2) is 0 Å². The van der Waals surface area contributed by atoms with Crippen LogP contribution < -0.4 is 143 Å². The Morgan fingerprint density at radius 1 is 0.846 bits per heavy atom. The molecule has 0 saturated heterocycles. The quantitative estimate of drug-likeness (QED) is 0.304. The van der Waals surface area contributed by atoms with Crippen LogP contribution in [0, 0.1) is 0 Å². The van der Waals surface area contributed by atoms with Crippen molar-refractivity contribution < 1.29 is 152 Å². The molecule has 0 radical (unpaired) electrons. The standard InChI is InChI=1S/CH2O3.4Na.H3O4P/c2-1(3)4;;;;;1-5(2,3)4/h(H2,2,3,4);;;;;(H3,1,2,3,4)/q;4*+1;/p-5. The summed E-state index contributed by atoms with van der Waals surface area (Å²) in [4.78, 5) is 34.0. The average molecular weight is 247 g/mol. The summed E-state index contributed by atoms with van der Waals surface area (Å²) >= 11 is 0. The van der Waals surface area contributed by atoms with Crippen LogP contribution in [0.15, 0.2) is 0 Å². The van der Waals surface area contributed by atoms with Gasteiger partial charge in [-0.1, -0.05) is 0 Å². The molecule has 0 bridgehead atoms. The molecule has 0 aliphatic rings. The molecule has 56 valence electrons. The Hall–Kier alpha value is 3.38. The van der Waals surface area contributed by atoms with Crippen molar-refractivity contribution in [2.75, 3.05) is 0 Å². The fourth-order valence-electron chi connectivity index (χ4n) is 0. The van der Waals surface area contributed by atoms with Crippen molar-refractivity contribution in [3.05, 3.63) is 0 Å². The number of carboxylic acid groups (broad SMARTS) is 2. The molecule has 7 nitrogen and oxygen atoms in total. The molecule has 0 aromatic heterocycles. The van der Waals surface area contributed by atoms with E-state index in [4.69, 9.17) is 34.3 Å². The zero-order valence-electron chi connectivity index (χ0n) is 7.80. The van der Waals surface area contributed by atoms with Crippen LogP contribution in [0.4, 0.5) is 4.79 Å². The monoisotopic (exact) mass is 247 g/mol. The Bertz CT molecular complexity index is 120. The molecule has 0 rings (SSSR count). The number of carbonyl (C=O) groups is 1. The molecule has 0 aromatic carbocycles. The Kier molecular flexibility index (Phi) is 57.4. The number of phosphoric acid groups is 1. The van der Waals surface area contributed by atoms with E-state index in [2.05, 4.69) is 0 Å². The van der Waals surface area contributed by atoms with Gasteiger partial charge in [0, 0.05) is 0 Å². The van der Waals surface area contributed by atoms with Gasteiger partial charge in [-0.15, -0.1) is 0 Å². The predicted molar refractivity (Wildman–Crippen MR) is 13.0 cm³/mol. The van der Waals surface area contributed by atoms with Crippen LogP contribution >= 0.6 is 7.82 Å². The predicted octanol–water partition coefficient (Wildman–Crippen LogP) is -17.3. The summed E-state index contributed by atoms with van der Waals surface area (Å²) in [6, 6.07) is 0. The summed E-state index contributed by atoms with van der Waals surface area (Å²) in [6.45, 7) is 0. The maximum Gasteiger partial charge on any atom is 1.00 e. The fraction of sp³-hybridized carbons (Fsp3) is 0. The second-order valence-electron chi connectivity index (χ2n) is 0.697. The molecule has 0 fully saturated rings. The summed E-state index contributed by atoms with van der Waals surface area (Å²) < 4.78 is 8.55. The van der Waals surface area contributed by atoms with Gasteiger partial charge in [-0.25, -0.2) is 0 Å². The molecular weight excluding hydrogens is 247 g/mol. The molecule has 0 atom stereocenters. The average Bonchev–Trinajstić information content (AvgIpc) is 1.19. The van der Waals surface area contributed by atoms with Gasteiger partial charge in [-0.05, 0) is 6.16 Å². The number of carbonyl (C=O) groups excluding carboxylic acids is 1. The first-order chi connectivity index (χ1) is 3.73. The second-order valence-corrected chi connectivity index (χ2v) is 1.59. The molecule has 0 aromatic rings. The minimum Gasteiger partial charge on any atom is -0.822 e. The molecule has 0 unspecified atom stereocenters. The van der Waals surface area contributed by atoms with E-state index in [0.717, 1.165) is 0 Å². The first-order valence-electron chi connectivity index (χ1n) is 1.34. The van der Waals surface area contributed by atoms with Crippen LogP contribution in [0.1, 0.15) is 0 Å². The van der Waals surface area contributed by atoms with E-state index in [0.29, 0.717) is 0 Å². The van der Waals surface area contributed by atoms with Gasteiger partial charge in [0.05, 0.1) is 0 Å².